The van der Waals surface area contributed by atoms with Gasteiger partial charge in [-0.15, -0.1) is 0 Å². The molecule has 2 N–H and O–H groups in total. The number of carbonyl (C=O) groups is 1. The lowest BCUT2D eigenvalue weighted by Gasteiger charge is -2.22. The molecule has 1 aromatic carbocycles. The van der Waals surface area contributed by atoms with E-state index in [1.807, 2.05) is 25.1 Å². The molecule has 106 valence electrons. The molecule has 2 heterocycles. The van der Waals surface area contributed by atoms with Crippen LogP contribution < -0.4 is 10.6 Å². The van der Waals surface area contributed by atoms with Gasteiger partial charge in [-0.05, 0) is 37.1 Å². The number of nitrogens with zero attached hydrogens (tertiary/aromatic N) is 2. The molecule has 1 aliphatic rings. The maximum atomic E-state index is 12.7. The van der Waals surface area contributed by atoms with Gasteiger partial charge in [-0.2, -0.15) is 0 Å². The van der Waals surface area contributed by atoms with Crippen molar-refractivity contribution in [3.63, 3.8) is 0 Å². The summed E-state index contributed by atoms with van der Waals surface area (Å²) in [5.74, 6) is -0.0954. The van der Waals surface area contributed by atoms with Gasteiger partial charge >= 0.3 is 0 Å². The molecule has 2 aromatic rings. The third kappa shape index (κ3) is 2.40. The Morgan fingerprint density at radius 1 is 1.33 bits per heavy atom. The number of aromatic nitrogens is 1. The minimum Gasteiger partial charge on any atom is -0.389 e. The highest BCUT2D eigenvalue weighted by Crippen LogP contribution is 2.32. The Morgan fingerprint density at radius 3 is 2.76 bits per heavy atom. The van der Waals surface area contributed by atoms with Gasteiger partial charge in [0, 0.05) is 23.5 Å². The number of carbonyl (C=O) groups excluding carboxylic acids is 1. The van der Waals surface area contributed by atoms with Crippen molar-refractivity contribution in [2.24, 2.45) is 5.73 Å². The van der Waals surface area contributed by atoms with E-state index in [4.69, 9.17) is 18.0 Å². The summed E-state index contributed by atoms with van der Waals surface area (Å²) in [6.07, 6.45) is 2.41. The first-order valence-corrected chi connectivity index (χ1v) is 7.16. The molecule has 0 spiro atoms. The molecule has 0 saturated heterocycles. The van der Waals surface area contributed by atoms with Crippen molar-refractivity contribution in [3.8, 4) is 0 Å². The lowest BCUT2D eigenvalue weighted by Crippen LogP contribution is -2.36. The molecule has 0 radical (unpaired) electrons. The highest BCUT2D eigenvalue weighted by molar-refractivity contribution is 7.80. The molecule has 21 heavy (non-hydrogen) atoms. The first kappa shape index (κ1) is 13.7. The molecule has 1 unspecified atom stereocenters. The van der Waals surface area contributed by atoms with Crippen LogP contribution in [-0.2, 0) is 6.42 Å². The van der Waals surface area contributed by atoms with E-state index in [1.165, 1.54) is 5.56 Å². The third-order valence-corrected chi connectivity index (χ3v) is 3.93. The molecule has 3 rings (SSSR count). The first-order valence-electron chi connectivity index (χ1n) is 6.75. The maximum Gasteiger partial charge on any atom is 0.277 e. The summed E-state index contributed by atoms with van der Waals surface area (Å²) in [5, 5.41) is 0. The molecule has 1 aromatic heterocycles. The monoisotopic (exact) mass is 297 g/mol. The Balaban J connectivity index is 1.93. The molecule has 0 bridgehead atoms. The second-order valence-corrected chi connectivity index (χ2v) is 5.59. The van der Waals surface area contributed by atoms with Crippen LogP contribution in [0.15, 0.2) is 42.6 Å². The molecular formula is C16H15N3OS. The number of thiocarbonyl (C=S) groups is 1. The van der Waals surface area contributed by atoms with E-state index in [0.29, 0.717) is 11.3 Å². The number of anilines is 1. The number of hydrogen-bond acceptors (Lipinski definition) is 3. The number of para-hydroxylation sites is 1. The van der Waals surface area contributed by atoms with Crippen molar-refractivity contribution in [1.82, 2.24) is 4.98 Å². The molecule has 0 fully saturated rings. The Kier molecular flexibility index (Phi) is 3.43. The maximum absolute atomic E-state index is 12.7. The molecule has 1 atom stereocenters. The van der Waals surface area contributed by atoms with Gasteiger partial charge in [0.25, 0.3) is 5.91 Å². The van der Waals surface area contributed by atoms with E-state index in [0.717, 1.165) is 12.1 Å². The average Bonchev–Trinajstić information content (AvgIpc) is 2.82. The summed E-state index contributed by atoms with van der Waals surface area (Å²) in [4.78, 5) is 19.0. The molecule has 5 heteroatoms. The second-order valence-electron chi connectivity index (χ2n) is 5.15. The van der Waals surface area contributed by atoms with Crippen LogP contribution in [0.2, 0.25) is 0 Å². The Bertz CT molecular complexity index is 712. The summed E-state index contributed by atoms with van der Waals surface area (Å²) < 4.78 is 0. The summed E-state index contributed by atoms with van der Waals surface area (Å²) in [6.45, 7) is 2.04. The van der Waals surface area contributed by atoms with Crippen LogP contribution in [0.1, 0.15) is 28.5 Å². The normalized spacial score (nSPS) is 16.6. The number of rotatable bonds is 2. The fraction of sp³-hybridized carbons (Fsp3) is 0.188. The average molecular weight is 297 g/mol. The number of benzene rings is 1. The van der Waals surface area contributed by atoms with E-state index in [2.05, 4.69) is 11.1 Å². The van der Waals surface area contributed by atoms with E-state index in [1.54, 1.807) is 23.2 Å². The van der Waals surface area contributed by atoms with E-state index >= 15 is 0 Å². The van der Waals surface area contributed by atoms with E-state index < -0.39 is 0 Å². The predicted octanol–water partition coefficient (Wildman–Crippen LogP) is 2.31. The van der Waals surface area contributed by atoms with Crippen molar-refractivity contribution < 1.29 is 4.79 Å². The second kappa shape index (κ2) is 5.26. The van der Waals surface area contributed by atoms with Gasteiger partial charge < -0.3 is 10.6 Å². The molecule has 0 aliphatic carbocycles. The summed E-state index contributed by atoms with van der Waals surface area (Å²) in [7, 11) is 0. The highest BCUT2D eigenvalue weighted by atomic mass is 32.1. The van der Waals surface area contributed by atoms with Crippen molar-refractivity contribution in [1.29, 1.82) is 0 Å². The molecule has 1 amide bonds. The molecule has 4 nitrogen and oxygen atoms in total. The summed E-state index contributed by atoms with van der Waals surface area (Å²) >= 11 is 4.89. The van der Waals surface area contributed by atoms with Crippen LogP contribution in [0.4, 0.5) is 5.69 Å². The predicted molar refractivity (Wildman–Crippen MR) is 86.5 cm³/mol. The minimum atomic E-state index is -0.0954. The van der Waals surface area contributed by atoms with Crippen LogP contribution in [-0.4, -0.2) is 21.9 Å². The molecule has 1 aliphatic heterocycles. The first-order chi connectivity index (χ1) is 10.1. The fourth-order valence-corrected chi connectivity index (χ4v) is 2.79. The van der Waals surface area contributed by atoms with Crippen molar-refractivity contribution in [3.05, 3.63) is 59.4 Å². The summed E-state index contributed by atoms with van der Waals surface area (Å²) in [5.41, 5.74) is 8.77. The number of nitrogens with two attached hydrogens (primary N) is 1. The van der Waals surface area contributed by atoms with Crippen LogP contribution in [0.5, 0.6) is 0 Å². The molecule has 0 saturated carbocycles. The van der Waals surface area contributed by atoms with E-state index in [9.17, 15) is 4.79 Å². The van der Waals surface area contributed by atoms with Gasteiger partial charge in [0.2, 0.25) is 0 Å². The van der Waals surface area contributed by atoms with Gasteiger partial charge in [0.05, 0.1) is 0 Å². The van der Waals surface area contributed by atoms with Crippen LogP contribution in [0.3, 0.4) is 0 Å². The van der Waals surface area contributed by atoms with E-state index in [-0.39, 0.29) is 16.9 Å². The zero-order valence-corrected chi connectivity index (χ0v) is 12.4. The highest BCUT2D eigenvalue weighted by Gasteiger charge is 2.31. The Hall–Kier alpha value is -2.27. The topological polar surface area (TPSA) is 59.2 Å². The fourth-order valence-electron chi connectivity index (χ4n) is 2.66. The number of amides is 1. The number of pyridine rings is 1. The minimum absolute atomic E-state index is 0.0954. The largest absolute Gasteiger partial charge is 0.389 e. The zero-order valence-electron chi connectivity index (χ0n) is 11.6. The number of hydrogen-bond donors (Lipinski definition) is 1. The zero-order chi connectivity index (χ0) is 15.0. The van der Waals surface area contributed by atoms with Crippen LogP contribution in [0, 0.1) is 0 Å². The van der Waals surface area contributed by atoms with Crippen LogP contribution >= 0.6 is 12.2 Å². The van der Waals surface area contributed by atoms with Gasteiger partial charge in [-0.25, -0.2) is 0 Å². The van der Waals surface area contributed by atoms with Crippen LogP contribution in [0.25, 0.3) is 0 Å². The van der Waals surface area contributed by atoms with Gasteiger partial charge in [0.1, 0.15) is 10.7 Å². The Morgan fingerprint density at radius 2 is 2.10 bits per heavy atom. The molecular weight excluding hydrogens is 282 g/mol. The lowest BCUT2D eigenvalue weighted by atomic mass is 10.1. The quantitative estimate of drug-likeness (QED) is 0.864. The smallest absolute Gasteiger partial charge is 0.277 e. The van der Waals surface area contributed by atoms with Crippen molar-refractivity contribution in [2.75, 3.05) is 4.90 Å². The third-order valence-electron chi connectivity index (χ3n) is 3.69. The van der Waals surface area contributed by atoms with Gasteiger partial charge in [-0.3, -0.25) is 9.78 Å². The number of fused-ring (bicyclic) bond motifs is 1. The van der Waals surface area contributed by atoms with Crippen molar-refractivity contribution in [2.45, 2.75) is 19.4 Å². The van der Waals surface area contributed by atoms with Gasteiger partial charge in [0.15, 0.2) is 0 Å². The summed E-state index contributed by atoms with van der Waals surface area (Å²) in [6, 6.07) is 11.5. The van der Waals surface area contributed by atoms with Crippen molar-refractivity contribution >= 4 is 28.8 Å². The SMILES string of the molecule is CC1Cc2ccccc2N1C(=O)c1ccc(C(N)=S)cn1. The lowest BCUT2D eigenvalue weighted by molar-refractivity contribution is 0.0976. The standard InChI is InChI=1S/C16H15N3OS/c1-10-8-11-4-2-3-5-14(11)19(10)16(20)13-7-6-12(9-18-13)15(17)21/h2-7,9-10H,8H2,1H3,(H2,17,21). The Labute approximate surface area is 128 Å². The van der Waals surface area contributed by atoms with Gasteiger partial charge in [-0.1, -0.05) is 30.4 Å².